The predicted molar refractivity (Wildman–Crippen MR) is 138 cm³/mol. The van der Waals surface area contributed by atoms with Crippen LogP contribution in [0.15, 0.2) is 60.8 Å². The number of methoxy groups -OCH3 is 1. The second kappa shape index (κ2) is 14.3. The highest BCUT2D eigenvalue weighted by atomic mass is 32.1. The molecule has 0 spiro atoms. The van der Waals surface area contributed by atoms with Crippen molar-refractivity contribution in [2.24, 2.45) is 0 Å². The van der Waals surface area contributed by atoms with Crippen molar-refractivity contribution in [3.05, 3.63) is 71.3 Å². The zero-order chi connectivity index (χ0) is 26.5. The lowest BCUT2D eigenvalue weighted by atomic mass is 10.2. The molecule has 1 aromatic heterocycles. The van der Waals surface area contributed by atoms with Crippen LogP contribution in [0.5, 0.6) is 5.06 Å². The Morgan fingerprint density at radius 1 is 1.03 bits per heavy atom. The highest BCUT2D eigenvalue weighted by molar-refractivity contribution is 7.15. The molecule has 1 aliphatic rings. The molecule has 1 aromatic carbocycles. The van der Waals surface area contributed by atoms with E-state index in [-0.39, 0.29) is 11.2 Å². The first-order chi connectivity index (χ1) is 17.3. The number of rotatable bonds is 6. The number of likely N-dealkylation sites (tertiary alicyclic amines) is 1. The number of aromatic hydroxyl groups is 1. The summed E-state index contributed by atoms with van der Waals surface area (Å²) in [5.74, 6) is -0.844. The van der Waals surface area contributed by atoms with Crippen LogP contribution >= 0.6 is 11.3 Å². The predicted octanol–water partition coefficient (Wildman–Crippen LogP) is 3.42. The Morgan fingerprint density at radius 2 is 1.69 bits per heavy atom. The first kappa shape index (κ1) is 28.1. The van der Waals surface area contributed by atoms with Crippen LogP contribution in [0, 0.1) is 0 Å². The molecule has 192 valence electrons. The standard InChI is InChI=1S/C19H19N3O4S.C6H11NO2/c1-21(12-4-3-5-13-23)15-8-6-14(7-9-15)18(25)20-22(2)19(26)16-10-11-17(24)27-16;1-9-6(8)7-4-2-3-5-7/h3-13,24H,1-2H3,(H,20,25);2-5H2,1H3/b5-3-,12-4-;. The topological polar surface area (TPSA) is 119 Å². The van der Waals surface area contributed by atoms with Crippen LogP contribution < -0.4 is 10.3 Å². The number of carbonyl (C=O) groups excluding carboxylic acids is 4. The number of hydrogen-bond donors (Lipinski definition) is 2. The highest BCUT2D eigenvalue weighted by Gasteiger charge is 2.18. The van der Waals surface area contributed by atoms with E-state index in [0.717, 1.165) is 48.0 Å². The van der Waals surface area contributed by atoms with Crippen molar-refractivity contribution >= 4 is 41.2 Å². The van der Waals surface area contributed by atoms with Gasteiger partial charge in [-0.3, -0.25) is 24.8 Å². The molecule has 0 saturated carbocycles. The zero-order valence-electron chi connectivity index (χ0n) is 20.4. The molecule has 36 heavy (non-hydrogen) atoms. The summed E-state index contributed by atoms with van der Waals surface area (Å²) in [6.07, 6.45) is 9.24. The Morgan fingerprint density at radius 3 is 2.25 bits per heavy atom. The molecule has 0 aliphatic carbocycles. The first-order valence-electron chi connectivity index (χ1n) is 11.1. The molecule has 0 radical (unpaired) electrons. The van der Waals surface area contributed by atoms with Crippen LogP contribution in [0.1, 0.15) is 32.9 Å². The molecule has 1 saturated heterocycles. The maximum absolute atomic E-state index is 12.3. The van der Waals surface area contributed by atoms with E-state index in [1.165, 1.54) is 32.4 Å². The fourth-order valence-electron chi connectivity index (χ4n) is 3.13. The third kappa shape index (κ3) is 8.58. The van der Waals surface area contributed by atoms with Gasteiger partial charge in [-0.05, 0) is 61.4 Å². The number of thiophene rings is 1. The summed E-state index contributed by atoms with van der Waals surface area (Å²) in [6.45, 7) is 1.74. The lowest BCUT2D eigenvalue weighted by Crippen LogP contribution is -2.43. The zero-order valence-corrected chi connectivity index (χ0v) is 21.2. The Hall–Kier alpha value is -4.12. The van der Waals surface area contributed by atoms with Crippen molar-refractivity contribution in [1.82, 2.24) is 15.3 Å². The summed E-state index contributed by atoms with van der Waals surface area (Å²) in [6, 6.07) is 9.74. The lowest BCUT2D eigenvalue weighted by molar-refractivity contribution is -0.104. The Balaban J connectivity index is 0.000000425. The molecule has 0 unspecified atom stereocenters. The van der Waals surface area contributed by atoms with E-state index in [9.17, 15) is 24.3 Å². The Labute approximate surface area is 214 Å². The fourth-order valence-corrected chi connectivity index (χ4v) is 3.85. The number of benzene rings is 1. The molecule has 2 heterocycles. The average Bonchev–Trinajstić information content (AvgIpc) is 3.58. The van der Waals surface area contributed by atoms with Crippen LogP contribution in [0.4, 0.5) is 10.5 Å². The molecule has 11 heteroatoms. The third-order valence-corrected chi connectivity index (χ3v) is 5.94. The summed E-state index contributed by atoms with van der Waals surface area (Å²) in [5, 5.41) is 10.4. The SMILES string of the molecule is CN(NC(=O)c1ccc(N(C)/C=C\C=C/C=O)cc1)C(=O)c1ccc(O)s1.COC(=O)N1CCCC1. The second-order valence-corrected chi connectivity index (χ2v) is 8.69. The van der Waals surface area contributed by atoms with Gasteiger partial charge in [0.15, 0.2) is 5.06 Å². The van der Waals surface area contributed by atoms with Gasteiger partial charge in [-0.1, -0.05) is 17.4 Å². The van der Waals surface area contributed by atoms with Gasteiger partial charge < -0.3 is 19.6 Å². The number of nitrogens with zero attached hydrogens (tertiary/aromatic N) is 3. The van der Waals surface area contributed by atoms with Crippen molar-refractivity contribution < 1.29 is 29.0 Å². The number of allylic oxidation sites excluding steroid dienone is 3. The van der Waals surface area contributed by atoms with Crippen LogP contribution in [0.2, 0.25) is 0 Å². The number of hydrazine groups is 1. The van der Waals surface area contributed by atoms with Crippen LogP contribution in [-0.2, 0) is 9.53 Å². The van der Waals surface area contributed by atoms with Gasteiger partial charge in [0.2, 0.25) is 0 Å². The minimum Gasteiger partial charge on any atom is -0.499 e. The van der Waals surface area contributed by atoms with E-state index in [1.807, 2.05) is 11.9 Å². The average molecular weight is 515 g/mol. The van der Waals surface area contributed by atoms with Gasteiger partial charge in [0.05, 0.1) is 12.0 Å². The number of nitrogens with one attached hydrogen (secondary N) is 1. The van der Waals surface area contributed by atoms with Crippen LogP contribution in [-0.4, -0.2) is 73.5 Å². The Bertz CT molecular complexity index is 1090. The van der Waals surface area contributed by atoms with E-state index in [2.05, 4.69) is 10.2 Å². The molecule has 3 amide bonds. The van der Waals surface area contributed by atoms with Crippen molar-refractivity contribution in [2.75, 3.05) is 39.2 Å². The van der Waals surface area contributed by atoms with Gasteiger partial charge in [-0.15, -0.1) is 0 Å². The van der Waals surface area contributed by atoms with E-state index in [0.29, 0.717) is 16.7 Å². The van der Waals surface area contributed by atoms with Gasteiger partial charge in [-0.2, -0.15) is 0 Å². The smallest absolute Gasteiger partial charge is 0.409 e. The van der Waals surface area contributed by atoms with Gasteiger partial charge >= 0.3 is 6.09 Å². The van der Waals surface area contributed by atoms with Crippen LogP contribution in [0.25, 0.3) is 0 Å². The van der Waals surface area contributed by atoms with E-state index >= 15 is 0 Å². The number of hydrogen-bond acceptors (Lipinski definition) is 8. The maximum atomic E-state index is 12.3. The molecule has 10 nitrogen and oxygen atoms in total. The molecule has 0 atom stereocenters. The largest absolute Gasteiger partial charge is 0.499 e. The van der Waals surface area contributed by atoms with Crippen molar-refractivity contribution in [3.63, 3.8) is 0 Å². The van der Waals surface area contributed by atoms with Crippen molar-refractivity contribution in [1.29, 1.82) is 0 Å². The monoisotopic (exact) mass is 514 g/mol. The number of amides is 3. The maximum Gasteiger partial charge on any atom is 0.409 e. The van der Waals surface area contributed by atoms with Crippen molar-refractivity contribution in [2.45, 2.75) is 12.8 Å². The summed E-state index contributed by atoms with van der Waals surface area (Å²) in [4.78, 5) is 49.3. The lowest BCUT2D eigenvalue weighted by Gasteiger charge is -2.18. The summed E-state index contributed by atoms with van der Waals surface area (Å²) in [5.41, 5.74) is 3.74. The van der Waals surface area contributed by atoms with E-state index in [1.54, 1.807) is 47.5 Å². The van der Waals surface area contributed by atoms with Gasteiger partial charge in [0.1, 0.15) is 6.29 Å². The third-order valence-electron chi connectivity index (χ3n) is 5.06. The minimum absolute atomic E-state index is 0.0356. The van der Waals surface area contributed by atoms with Crippen molar-refractivity contribution in [3.8, 4) is 5.06 Å². The second-order valence-electron chi connectivity index (χ2n) is 7.63. The Kier molecular flexibility index (Phi) is 11.2. The molecule has 1 aliphatic heterocycles. The highest BCUT2D eigenvalue weighted by Crippen LogP contribution is 2.23. The summed E-state index contributed by atoms with van der Waals surface area (Å²) in [7, 11) is 4.70. The normalized spacial score (nSPS) is 12.7. The molecular formula is C25H30N4O6S. The molecule has 2 aromatic rings. The van der Waals surface area contributed by atoms with E-state index in [4.69, 9.17) is 0 Å². The number of carbonyl (C=O) groups is 4. The number of anilines is 1. The summed E-state index contributed by atoms with van der Waals surface area (Å²) < 4.78 is 4.52. The van der Waals surface area contributed by atoms with Gasteiger partial charge in [0, 0.05) is 44.6 Å². The van der Waals surface area contributed by atoms with Crippen LogP contribution in [0.3, 0.4) is 0 Å². The molecule has 0 bridgehead atoms. The van der Waals surface area contributed by atoms with Gasteiger partial charge in [0.25, 0.3) is 11.8 Å². The molecule has 1 fully saturated rings. The van der Waals surface area contributed by atoms with Gasteiger partial charge in [-0.25, -0.2) is 4.79 Å². The number of ether oxygens (including phenoxy) is 1. The fraction of sp³-hybridized carbons (Fsp3) is 0.280. The molecule has 3 rings (SSSR count). The first-order valence-corrected chi connectivity index (χ1v) is 11.9. The quantitative estimate of drug-likeness (QED) is 0.262. The molecular weight excluding hydrogens is 484 g/mol. The minimum atomic E-state index is -0.426. The molecule has 2 N–H and O–H groups in total. The summed E-state index contributed by atoms with van der Waals surface area (Å²) >= 11 is 0.939. The number of aldehydes is 1. The van der Waals surface area contributed by atoms with E-state index < -0.39 is 11.8 Å².